The molecule has 27 heavy (non-hydrogen) atoms. The maximum Gasteiger partial charge on any atom is 0.341 e. The first-order valence-corrected chi connectivity index (χ1v) is 9.81. The van der Waals surface area contributed by atoms with Gasteiger partial charge in [-0.2, -0.15) is 0 Å². The molecule has 0 aromatic heterocycles. The molecule has 0 saturated heterocycles. The van der Waals surface area contributed by atoms with Crippen molar-refractivity contribution in [3.8, 4) is 5.75 Å². The number of hydrogen-bond donors (Lipinski definition) is 1. The van der Waals surface area contributed by atoms with Crippen molar-refractivity contribution in [1.82, 2.24) is 0 Å². The lowest BCUT2D eigenvalue weighted by Crippen LogP contribution is -2.42. The predicted molar refractivity (Wildman–Crippen MR) is 106 cm³/mol. The van der Waals surface area contributed by atoms with Crippen molar-refractivity contribution in [3.63, 3.8) is 0 Å². The summed E-state index contributed by atoms with van der Waals surface area (Å²) in [6, 6.07) is 5.01. The lowest BCUT2D eigenvalue weighted by Gasteiger charge is -2.28. The second kappa shape index (κ2) is 11.6. The highest BCUT2D eigenvalue weighted by molar-refractivity contribution is 5.99. The van der Waals surface area contributed by atoms with Crippen LogP contribution in [0.15, 0.2) is 18.2 Å². The summed E-state index contributed by atoms with van der Waals surface area (Å²) in [7, 11) is 0. The fraction of sp³-hybridized carbons (Fsp3) is 0.619. The van der Waals surface area contributed by atoms with Crippen molar-refractivity contribution in [2.24, 2.45) is 0 Å². The Labute approximate surface area is 162 Å². The lowest BCUT2D eigenvalue weighted by atomic mass is 9.99. The maximum atomic E-state index is 12.7. The Bertz CT molecular complexity index is 609. The Balaban J connectivity index is 3.05. The average Bonchev–Trinajstić information content (AvgIpc) is 2.63. The molecule has 0 aliphatic carbocycles. The van der Waals surface area contributed by atoms with E-state index in [4.69, 9.17) is 14.2 Å². The van der Waals surface area contributed by atoms with E-state index in [9.17, 15) is 9.59 Å². The van der Waals surface area contributed by atoms with Crippen LogP contribution in [0.3, 0.4) is 0 Å². The van der Waals surface area contributed by atoms with Gasteiger partial charge >= 0.3 is 5.97 Å². The van der Waals surface area contributed by atoms with Gasteiger partial charge in [0.05, 0.1) is 13.2 Å². The van der Waals surface area contributed by atoms with E-state index in [1.807, 2.05) is 13.8 Å². The summed E-state index contributed by atoms with van der Waals surface area (Å²) in [5.41, 5.74) is -0.101. The molecule has 0 saturated carbocycles. The Hall–Kier alpha value is -2.08. The number of carbonyl (C=O) groups excluding carboxylic acids is 2. The van der Waals surface area contributed by atoms with Gasteiger partial charge in [0, 0.05) is 12.3 Å². The molecule has 1 N–H and O–H groups in total. The van der Waals surface area contributed by atoms with E-state index in [2.05, 4.69) is 12.2 Å². The number of hydrogen-bond acceptors (Lipinski definition) is 5. The standard InChI is InChI=1S/C21H33NO5/c1-6-10-14-26-18-12-11-16(15-17(18)19(23)25-8-3)22-20(24)21(5,13-7-2)27-9-4/h11-12,15H,6-10,13-14H2,1-5H3,(H,22,24)/t21-/m0/s1. The van der Waals surface area contributed by atoms with Crippen molar-refractivity contribution < 1.29 is 23.8 Å². The summed E-state index contributed by atoms with van der Waals surface area (Å²) >= 11 is 0. The van der Waals surface area contributed by atoms with Crippen LogP contribution in [0.1, 0.15) is 70.7 Å². The molecule has 6 heteroatoms. The van der Waals surface area contributed by atoms with Crippen LogP contribution >= 0.6 is 0 Å². The molecule has 6 nitrogen and oxygen atoms in total. The molecule has 0 bridgehead atoms. The minimum Gasteiger partial charge on any atom is -0.493 e. The van der Waals surface area contributed by atoms with E-state index >= 15 is 0 Å². The monoisotopic (exact) mass is 379 g/mol. The molecule has 152 valence electrons. The van der Waals surface area contributed by atoms with Crippen LogP contribution in [0.4, 0.5) is 5.69 Å². The number of anilines is 1. The number of ether oxygens (including phenoxy) is 3. The molecule has 1 atom stereocenters. The second-order valence-electron chi connectivity index (χ2n) is 6.50. The first-order valence-electron chi connectivity index (χ1n) is 9.81. The zero-order valence-electron chi connectivity index (χ0n) is 17.2. The van der Waals surface area contributed by atoms with Crippen LogP contribution in [0.25, 0.3) is 0 Å². The summed E-state index contributed by atoms with van der Waals surface area (Å²) < 4.78 is 16.5. The van der Waals surface area contributed by atoms with Crippen LogP contribution in [-0.2, 0) is 14.3 Å². The van der Waals surface area contributed by atoms with Gasteiger partial charge in [0.1, 0.15) is 16.9 Å². The quantitative estimate of drug-likeness (QED) is 0.425. The van der Waals surface area contributed by atoms with Crippen molar-refractivity contribution in [3.05, 3.63) is 23.8 Å². The Morgan fingerprint density at radius 3 is 2.41 bits per heavy atom. The van der Waals surface area contributed by atoms with Crippen LogP contribution in [-0.4, -0.2) is 37.3 Å². The summed E-state index contributed by atoms with van der Waals surface area (Å²) in [5.74, 6) is -0.247. The van der Waals surface area contributed by atoms with Gasteiger partial charge in [-0.1, -0.05) is 26.7 Å². The van der Waals surface area contributed by atoms with Crippen LogP contribution in [0.5, 0.6) is 5.75 Å². The summed E-state index contributed by atoms with van der Waals surface area (Å²) in [4.78, 5) is 25.0. The second-order valence-corrected chi connectivity index (χ2v) is 6.50. The summed E-state index contributed by atoms with van der Waals surface area (Å²) in [5, 5.41) is 2.86. The maximum absolute atomic E-state index is 12.7. The van der Waals surface area contributed by atoms with Gasteiger partial charge in [0.25, 0.3) is 5.91 Å². The van der Waals surface area contributed by atoms with Crippen molar-refractivity contribution in [2.75, 3.05) is 25.1 Å². The van der Waals surface area contributed by atoms with Gasteiger partial charge in [-0.25, -0.2) is 4.79 Å². The topological polar surface area (TPSA) is 73.9 Å². The molecule has 0 aliphatic rings. The molecule has 1 amide bonds. The molecular weight excluding hydrogens is 346 g/mol. The highest BCUT2D eigenvalue weighted by Crippen LogP contribution is 2.26. The van der Waals surface area contributed by atoms with E-state index in [0.29, 0.717) is 36.6 Å². The van der Waals surface area contributed by atoms with Crippen molar-refractivity contribution in [2.45, 2.75) is 65.9 Å². The van der Waals surface area contributed by atoms with Crippen LogP contribution in [0, 0.1) is 0 Å². The fourth-order valence-electron chi connectivity index (χ4n) is 2.74. The van der Waals surface area contributed by atoms with Crippen LogP contribution < -0.4 is 10.1 Å². The SMILES string of the molecule is CCCCOc1ccc(NC(=O)[C@](C)(CCC)OCC)cc1C(=O)OCC. The number of carbonyl (C=O) groups is 2. The first-order chi connectivity index (χ1) is 12.9. The number of nitrogens with one attached hydrogen (secondary N) is 1. The number of esters is 1. The molecule has 0 radical (unpaired) electrons. The third-order valence-electron chi connectivity index (χ3n) is 4.16. The minimum atomic E-state index is -0.913. The number of unbranched alkanes of at least 4 members (excludes halogenated alkanes) is 1. The number of amides is 1. The Morgan fingerprint density at radius 1 is 1.07 bits per heavy atom. The van der Waals surface area contributed by atoms with Gasteiger partial charge in [0.15, 0.2) is 0 Å². The largest absolute Gasteiger partial charge is 0.493 e. The van der Waals surface area contributed by atoms with Gasteiger partial charge in [-0.05, 0) is 51.8 Å². The molecular formula is C21H33NO5. The number of benzene rings is 1. The van der Waals surface area contributed by atoms with Crippen molar-refractivity contribution in [1.29, 1.82) is 0 Å². The van der Waals surface area contributed by atoms with Crippen LogP contribution in [0.2, 0.25) is 0 Å². The van der Waals surface area contributed by atoms with Gasteiger partial charge in [-0.15, -0.1) is 0 Å². The van der Waals surface area contributed by atoms with Gasteiger partial charge in [0.2, 0.25) is 0 Å². The molecule has 0 fully saturated rings. The van der Waals surface area contributed by atoms with E-state index < -0.39 is 11.6 Å². The normalized spacial score (nSPS) is 12.9. The highest BCUT2D eigenvalue weighted by Gasteiger charge is 2.33. The average molecular weight is 379 g/mol. The lowest BCUT2D eigenvalue weighted by molar-refractivity contribution is -0.139. The van der Waals surface area contributed by atoms with Gasteiger partial charge in [-0.3, -0.25) is 4.79 Å². The molecule has 0 unspecified atom stereocenters. The molecule has 1 rings (SSSR count). The van der Waals surface area contributed by atoms with Crippen molar-refractivity contribution >= 4 is 17.6 Å². The van der Waals surface area contributed by atoms with E-state index in [1.54, 1.807) is 32.0 Å². The van der Waals surface area contributed by atoms with Gasteiger partial charge < -0.3 is 19.5 Å². The summed E-state index contributed by atoms with van der Waals surface area (Å²) in [6.07, 6.45) is 3.32. The third-order valence-corrected chi connectivity index (χ3v) is 4.16. The zero-order valence-corrected chi connectivity index (χ0v) is 17.2. The third kappa shape index (κ3) is 6.86. The molecule has 1 aromatic carbocycles. The zero-order chi connectivity index (χ0) is 20.3. The smallest absolute Gasteiger partial charge is 0.341 e. The molecule has 0 aliphatic heterocycles. The Kier molecular flexibility index (Phi) is 9.86. The molecule has 0 spiro atoms. The van der Waals surface area contributed by atoms with E-state index in [-0.39, 0.29) is 12.5 Å². The van der Waals surface area contributed by atoms with E-state index in [0.717, 1.165) is 19.3 Å². The molecule has 0 heterocycles. The fourth-order valence-corrected chi connectivity index (χ4v) is 2.74. The number of rotatable bonds is 12. The predicted octanol–water partition coefficient (Wildman–Crippen LogP) is 4.58. The summed E-state index contributed by atoms with van der Waals surface area (Å²) in [6.45, 7) is 10.7. The first kappa shape index (κ1) is 23.0. The highest BCUT2D eigenvalue weighted by atomic mass is 16.5. The molecule has 1 aromatic rings. The van der Waals surface area contributed by atoms with E-state index in [1.165, 1.54) is 0 Å². The minimum absolute atomic E-state index is 0.235. The Morgan fingerprint density at radius 2 is 1.81 bits per heavy atom.